The topological polar surface area (TPSA) is 123 Å². The summed E-state index contributed by atoms with van der Waals surface area (Å²) in [6.07, 6.45) is 4.62. The zero-order chi connectivity index (χ0) is 23.5. The van der Waals surface area contributed by atoms with Gasteiger partial charge in [-0.25, -0.2) is 14.6 Å². The monoisotopic (exact) mass is 451 g/mol. The molecule has 2 N–H and O–H groups in total. The number of benzene rings is 2. The van der Waals surface area contributed by atoms with Crippen LogP contribution in [0.25, 0.3) is 22.3 Å². The summed E-state index contributed by atoms with van der Waals surface area (Å²) in [5.41, 5.74) is 8.39. The number of ether oxygens (including phenoxy) is 1. The third-order valence-corrected chi connectivity index (χ3v) is 5.75. The maximum atomic E-state index is 12.3. The average Bonchev–Trinajstić information content (AvgIpc) is 3.50. The van der Waals surface area contributed by atoms with E-state index in [4.69, 9.17) is 20.8 Å². The Bertz CT molecular complexity index is 1410. The lowest BCUT2D eigenvalue weighted by molar-refractivity contribution is -0.125. The van der Waals surface area contributed by atoms with Crippen LogP contribution in [0.3, 0.4) is 0 Å². The first-order chi connectivity index (χ1) is 16.6. The molecule has 1 amide bonds. The number of hydrogen-bond acceptors (Lipinski definition) is 7. The smallest absolute Gasteiger partial charge is 0.247 e. The normalized spacial score (nSPS) is 15.6. The molecule has 1 saturated heterocycles. The van der Waals surface area contributed by atoms with Crippen molar-refractivity contribution in [2.45, 2.75) is 12.5 Å². The van der Waals surface area contributed by atoms with Gasteiger partial charge in [0.25, 0.3) is 0 Å². The standard InChI is InChI=1S/C25H21N7O2/c26-13-4-7-21(33)31-14-12-18(15-31)32-25-22(24(27)28-16-29-25)23(30-32)17-8-10-20(11-9-17)34-19-5-2-1-3-6-19/h1-11,16,18H,12,14-15H2,(H2,27,28,29)/b7-4-. The van der Waals surface area contributed by atoms with E-state index in [-0.39, 0.29) is 11.9 Å². The molecular weight excluding hydrogens is 430 g/mol. The number of nitrogens with two attached hydrogens (primary N) is 1. The molecule has 1 atom stereocenters. The Kier molecular flexibility index (Phi) is 5.62. The number of allylic oxidation sites excluding steroid dienone is 1. The highest BCUT2D eigenvalue weighted by molar-refractivity contribution is 5.98. The van der Waals surface area contributed by atoms with Crippen LogP contribution in [0.1, 0.15) is 12.5 Å². The van der Waals surface area contributed by atoms with Crippen molar-refractivity contribution in [3.8, 4) is 28.8 Å². The zero-order valence-corrected chi connectivity index (χ0v) is 18.2. The second kappa shape index (κ2) is 9.03. The van der Waals surface area contributed by atoms with Crippen LogP contribution in [0, 0.1) is 11.3 Å². The highest BCUT2D eigenvalue weighted by Crippen LogP contribution is 2.35. The van der Waals surface area contributed by atoms with Crippen LogP contribution in [0.5, 0.6) is 11.5 Å². The van der Waals surface area contributed by atoms with Crippen molar-refractivity contribution in [3.05, 3.63) is 73.1 Å². The Labute approximate surface area is 195 Å². The molecule has 0 radical (unpaired) electrons. The van der Waals surface area contributed by atoms with Gasteiger partial charge in [0.05, 0.1) is 17.5 Å². The summed E-state index contributed by atoms with van der Waals surface area (Å²) in [5, 5.41) is 14.2. The molecule has 9 nitrogen and oxygen atoms in total. The Morgan fingerprint density at radius 1 is 1.12 bits per heavy atom. The zero-order valence-electron chi connectivity index (χ0n) is 18.2. The van der Waals surface area contributed by atoms with Crippen LogP contribution in [-0.2, 0) is 4.79 Å². The number of likely N-dealkylation sites (tertiary alicyclic amines) is 1. The SMILES string of the molecule is N#C/C=C\C(=O)N1CCC(n2nc(-c3ccc(Oc4ccccc4)cc3)c3c(N)ncnc32)C1. The van der Waals surface area contributed by atoms with E-state index >= 15 is 0 Å². The molecule has 0 saturated carbocycles. The second-order valence-corrected chi connectivity index (χ2v) is 7.88. The van der Waals surface area contributed by atoms with Crippen molar-refractivity contribution in [3.63, 3.8) is 0 Å². The predicted octanol–water partition coefficient (Wildman–Crippen LogP) is 3.72. The summed E-state index contributed by atoms with van der Waals surface area (Å²) in [6.45, 7) is 1.04. The van der Waals surface area contributed by atoms with Gasteiger partial charge < -0.3 is 15.4 Å². The minimum Gasteiger partial charge on any atom is -0.457 e. The van der Waals surface area contributed by atoms with Crippen molar-refractivity contribution < 1.29 is 9.53 Å². The van der Waals surface area contributed by atoms with Gasteiger partial charge in [-0.3, -0.25) is 4.79 Å². The number of carbonyl (C=O) groups is 1. The molecule has 9 heteroatoms. The highest BCUT2D eigenvalue weighted by atomic mass is 16.5. The molecule has 1 unspecified atom stereocenters. The molecule has 5 rings (SSSR count). The third-order valence-electron chi connectivity index (χ3n) is 5.75. The second-order valence-electron chi connectivity index (χ2n) is 7.88. The molecule has 168 valence electrons. The first kappa shape index (κ1) is 21.2. The minimum atomic E-state index is -0.191. The third kappa shape index (κ3) is 4.04. The maximum Gasteiger partial charge on any atom is 0.247 e. The molecule has 0 aliphatic carbocycles. The molecule has 1 fully saturated rings. The van der Waals surface area contributed by atoms with Crippen molar-refractivity contribution >= 4 is 22.8 Å². The van der Waals surface area contributed by atoms with Crippen LogP contribution in [0.4, 0.5) is 5.82 Å². The Morgan fingerprint density at radius 2 is 1.88 bits per heavy atom. The molecular formula is C25H21N7O2. The van der Waals surface area contributed by atoms with Gasteiger partial charge in [0.1, 0.15) is 29.3 Å². The number of aromatic nitrogens is 4. The van der Waals surface area contributed by atoms with Crippen LogP contribution in [0.2, 0.25) is 0 Å². The number of nitrogen functional groups attached to an aromatic ring is 1. The molecule has 1 aliphatic rings. The lowest BCUT2D eigenvalue weighted by atomic mass is 10.1. The highest BCUT2D eigenvalue weighted by Gasteiger charge is 2.30. The van der Waals surface area contributed by atoms with E-state index < -0.39 is 0 Å². The van der Waals surface area contributed by atoms with Crippen LogP contribution in [-0.4, -0.2) is 43.6 Å². The predicted molar refractivity (Wildman–Crippen MR) is 127 cm³/mol. The van der Waals surface area contributed by atoms with Gasteiger partial charge in [0, 0.05) is 30.8 Å². The van der Waals surface area contributed by atoms with E-state index in [1.54, 1.807) is 4.90 Å². The molecule has 3 heterocycles. The van der Waals surface area contributed by atoms with E-state index in [1.807, 2.05) is 65.3 Å². The largest absolute Gasteiger partial charge is 0.457 e. The van der Waals surface area contributed by atoms with Crippen molar-refractivity contribution in [1.82, 2.24) is 24.6 Å². The summed E-state index contributed by atoms with van der Waals surface area (Å²) in [4.78, 5) is 22.6. The van der Waals surface area contributed by atoms with Gasteiger partial charge in [-0.15, -0.1) is 0 Å². The lowest BCUT2D eigenvalue weighted by Gasteiger charge is -2.14. The Balaban J connectivity index is 1.46. The number of para-hydroxylation sites is 1. The molecule has 0 spiro atoms. The molecule has 0 bridgehead atoms. The minimum absolute atomic E-state index is 0.0642. The van der Waals surface area contributed by atoms with E-state index in [2.05, 4.69) is 9.97 Å². The first-order valence-corrected chi connectivity index (χ1v) is 10.8. The number of nitrogens with zero attached hydrogens (tertiary/aromatic N) is 6. The quantitative estimate of drug-likeness (QED) is 0.362. The van der Waals surface area contributed by atoms with E-state index in [9.17, 15) is 4.79 Å². The van der Waals surface area contributed by atoms with Crippen molar-refractivity contribution in [2.75, 3.05) is 18.8 Å². The fourth-order valence-corrected chi connectivity index (χ4v) is 4.11. The van der Waals surface area contributed by atoms with Crippen molar-refractivity contribution in [2.24, 2.45) is 0 Å². The van der Waals surface area contributed by atoms with Gasteiger partial charge in [0.2, 0.25) is 5.91 Å². The summed E-state index contributed by atoms with van der Waals surface area (Å²) in [5.74, 6) is 1.62. The van der Waals surface area contributed by atoms with Crippen LogP contribution < -0.4 is 10.5 Å². The fourth-order valence-electron chi connectivity index (χ4n) is 4.11. The summed E-state index contributed by atoms with van der Waals surface area (Å²) in [7, 11) is 0. The number of carbonyl (C=O) groups excluding carboxylic acids is 1. The van der Waals surface area contributed by atoms with Gasteiger partial charge >= 0.3 is 0 Å². The average molecular weight is 451 g/mol. The first-order valence-electron chi connectivity index (χ1n) is 10.8. The number of amides is 1. The van der Waals surface area contributed by atoms with Gasteiger partial charge in [-0.05, 0) is 42.8 Å². The number of nitriles is 1. The van der Waals surface area contributed by atoms with Crippen molar-refractivity contribution in [1.29, 1.82) is 5.26 Å². The summed E-state index contributed by atoms with van der Waals surface area (Å²) < 4.78 is 7.72. The van der Waals surface area contributed by atoms with Gasteiger partial charge in [-0.1, -0.05) is 18.2 Å². The number of anilines is 1. The Hall–Kier alpha value is -4.71. The number of hydrogen-bond donors (Lipinski definition) is 1. The molecule has 4 aromatic rings. The van der Waals surface area contributed by atoms with E-state index in [0.717, 1.165) is 17.7 Å². The Morgan fingerprint density at radius 3 is 2.65 bits per heavy atom. The molecule has 1 aliphatic heterocycles. The van der Waals surface area contributed by atoms with Gasteiger partial charge in [0.15, 0.2) is 5.65 Å². The van der Waals surface area contributed by atoms with Gasteiger partial charge in [-0.2, -0.15) is 10.4 Å². The summed E-state index contributed by atoms with van der Waals surface area (Å²) >= 11 is 0. The summed E-state index contributed by atoms with van der Waals surface area (Å²) in [6, 6.07) is 19.0. The van der Waals surface area contributed by atoms with Crippen LogP contribution >= 0.6 is 0 Å². The number of rotatable bonds is 5. The lowest BCUT2D eigenvalue weighted by Crippen LogP contribution is -2.27. The van der Waals surface area contributed by atoms with E-state index in [1.165, 1.54) is 18.5 Å². The van der Waals surface area contributed by atoms with Crippen LogP contribution in [0.15, 0.2) is 73.1 Å². The fraction of sp³-hybridized carbons (Fsp3) is 0.160. The molecule has 34 heavy (non-hydrogen) atoms. The molecule has 2 aromatic heterocycles. The molecule has 2 aromatic carbocycles. The number of fused-ring (bicyclic) bond motifs is 1. The van der Waals surface area contributed by atoms with E-state index in [0.29, 0.717) is 41.4 Å². The maximum absolute atomic E-state index is 12.3.